The molecule has 3 unspecified atom stereocenters. The molecule has 7 nitrogen and oxygen atoms in total. The number of hydrogen-bond donors (Lipinski definition) is 1. The van der Waals surface area contributed by atoms with Crippen LogP contribution in [0.1, 0.15) is 25.7 Å². The van der Waals surface area contributed by atoms with Gasteiger partial charge in [-0.2, -0.15) is 0 Å². The van der Waals surface area contributed by atoms with Crippen molar-refractivity contribution in [3.8, 4) is 0 Å². The van der Waals surface area contributed by atoms with Crippen molar-refractivity contribution in [2.24, 2.45) is 11.8 Å². The van der Waals surface area contributed by atoms with E-state index in [0.29, 0.717) is 19.7 Å². The molecule has 158 valence electrons. The maximum Gasteiger partial charge on any atom is 0.247 e. The molecule has 2 amide bonds. The Morgan fingerprint density at radius 2 is 1.83 bits per heavy atom. The Balaban J connectivity index is 1.57. The van der Waals surface area contributed by atoms with Gasteiger partial charge in [-0.1, -0.05) is 31.0 Å². The maximum atomic E-state index is 13.5. The summed E-state index contributed by atoms with van der Waals surface area (Å²) >= 11 is 0. The quantitative estimate of drug-likeness (QED) is 0.812. The van der Waals surface area contributed by atoms with Gasteiger partial charge in [0.2, 0.25) is 11.8 Å². The van der Waals surface area contributed by atoms with E-state index < -0.39 is 0 Å². The van der Waals surface area contributed by atoms with Gasteiger partial charge in [0.25, 0.3) is 0 Å². The Hall–Kier alpha value is -1.96. The first kappa shape index (κ1) is 20.3. The fourth-order valence-electron chi connectivity index (χ4n) is 4.87. The number of hydrazine groups is 1. The van der Waals surface area contributed by atoms with Gasteiger partial charge in [-0.05, 0) is 25.0 Å². The molecule has 29 heavy (non-hydrogen) atoms. The third kappa shape index (κ3) is 4.32. The lowest BCUT2D eigenvalue weighted by Crippen LogP contribution is -2.58. The number of para-hydroxylation sites is 1. The third-order valence-corrected chi connectivity index (χ3v) is 6.45. The second-order valence-electron chi connectivity index (χ2n) is 8.37. The van der Waals surface area contributed by atoms with Crippen LogP contribution in [0.15, 0.2) is 30.3 Å². The van der Waals surface area contributed by atoms with E-state index in [4.69, 9.17) is 4.74 Å². The van der Waals surface area contributed by atoms with Crippen molar-refractivity contribution in [2.45, 2.75) is 31.7 Å². The van der Waals surface area contributed by atoms with E-state index in [1.165, 1.54) is 12.8 Å². The summed E-state index contributed by atoms with van der Waals surface area (Å²) in [5.74, 6) is -0.195. The molecule has 7 heteroatoms. The van der Waals surface area contributed by atoms with Gasteiger partial charge in [-0.3, -0.25) is 14.5 Å². The second kappa shape index (κ2) is 9.24. The highest BCUT2D eigenvalue weighted by atomic mass is 16.5. The molecule has 1 aromatic carbocycles. The lowest BCUT2D eigenvalue weighted by Gasteiger charge is -2.40. The van der Waals surface area contributed by atoms with E-state index in [1.54, 1.807) is 12.1 Å². The predicted octanol–water partition coefficient (Wildman–Crippen LogP) is 1.50. The Labute approximate surface area is 172 Å². The van der Waals surface area contributed by atoms with Crippen LogP contribution in [-0.4, -0.2) is 74.1 Å². The molecule has 3 atom stereocenters. The van der Waals surface area contributed by atoms with Crippen LogP contribution in [0.5, 0.6) is 0 Å². The number of nitrogens with one attached hydrogen (secondary N) is 1. The molecule has 3 saturated heterocycles. The number of methoxy groups -OCH3 is 1. The zero-order valence-electron chi connectivity index (χ0n) is 17.3. The molecule has 3 heterocycles. The van der Waals surface area contributed by atoms with Gasteiger partial charge in [0.15, 0.2) is 0 Å². The first-order valence-corrected chi connectivity index (χ1v) is 10.8. The van der Waals surface area contributed by atoms with Crippen LogP contribution in [0.2, 0.25) is 0 Å². The number of likely N-dealkylation sites (tertiary alicyclic amines) is 2. The Kier molecular flexibility index (Phi) is 6.47. The number of amides is 2. The molecule has 0 spiro atoms. The third-order valence-electron chi connectivity index (χ3n) is 6.45. The summed E-state index contributed by atoms with van der Waals surface area (Å²) < 4.78 is 5.25. The van der Waals surface area contributed by atoms with Crippen molar-refractivity contribution in [1.82, 2.24) is 15.2 Å². The molecule has 1 aromatic rings. The lowest BCUT2D eigenvalue weighted by atomic mass is 9.83. The van der Waals surface area contributed by atoms with Crippen molar-refractivity contribution < 1.29 is 14.3 Å². The van der Waals surface area contributed by atoms with Gasteiger partial charge in [0.05, 0.1) is 30.2 Å². The number of fused-ring (bicyclic) bond motifs is 1. The summed E-state index contributed by atoms with van der Waals surface area (Å²) in [6.07, 6.45) is 4.53. The maximum absolute atomic E-state index is 13.5. The summed E-state index contributed by atoms with van der Waals surface area (Å²) in [6.45, 7) is 4.34. The Morgan fingerprint density at radius 3 is 2.52 bits per heavy atom. The highest BCUT2D eigenvalue weighted by molar-refractivity contribution is 5.98. The van der Waals surface area contributed by atoms with Crippen LogP contribution >= 0.6 is 0 Å². The molecule has 3 fully saturated rings. The average Bonchev–Trinajstić information content (AvgIpc) is 2.93. The van der Waals surface area contributed by atoms with E-state index in [9.17, 15) is 9.59 Å². The highest BCUT2D eigenvalue weighted by Crippen LogP contribution is 2.33. The van der Waals surface area contributed by atoms with E-state index >= 15 is 0 Å². The number of carbonyl (C=O) groups excluding carboxylic acids is 2. The molecule has 0 bridgehead atoms. The largest absolute Gasteiger partial charge is 0.383 e. The van der Waals surface area contributed by atoms with Gasteiger partial charge < -0.3 is 9.64 Å². The molecule has 4 rings (SSSR count). The number of anilines is 1. The number of carbonyl (C=O) groups is 2. The van der Waals surface area contributed by atoms with Crippen molar-refractivity contribution in [3.05, 3.63) is 30.3 Å². The van der Waals surface area contributed by atoms with Crippen LogP contribution in [0.3, 0.4) is 0 Å². The molecule has 0 aromatic heterocycles. The summed E-state index contributed by atoms with van der Waals surface area (Å²) in [5.41, 5.74) is 4.23. The highest BCUT2D eigenvalue weighted by Gasteiger charge is 2.51. The summed E-state index contributed by atoms with van der Waals surface area (Å²) in [6, 6.07) is 9.49. The van der Waals surface area contributed by atoms with Crippen LogP contribution < -0.4 is 10.4 Å². The van der Waals surface area contributed by atoms with Gasteiger partial charge in [-0.15, -0.1) is 0 Å². The van der Waals surface area contributed by atoms with Crippen LogP contribution in [0.4, 0.5) is 5.69 Å². The zero-order valence-corrected chi connectivity index (χ0v) is 17.3. The Morgan fingerprint density at radius 1 is 1.10 bits per heavy atom. The second-order valence-corrected chi connectivity index (χ2v) is 8.37. The minimum Gasteiger partial charge on any atom is -0.383 e. The molecule has 1 N–H and O–H groups in total. The molecular formula is C22H32N4O3. The van der Waals surface area contributed by atoms with E-state index in [1.807, 2.05) is 35.2 Å². The number of benzene rings is 1. The number of rotatable bonds is 5. The van der Waals surface area contributed by atoms with E-state index in [0.717, 1.165) is 38.2 Å². The topological polar surface area (TPSA) is 65.1 Å². The van der Waals surface area contributed by atoms with Crippen LogP contribution in [0.25, 0.3) is 0 Å². The molecular weight excluding hydrogens is 368 g/mol. The fourth-order valence-corrected chi connectivity index (χ4v) is 4.87. The van der Waals surface area contributed by atoms with Crippen molar-refractivity contribution in [3.63, 3.8) is 0 Å². The number of piperidine rings is 1. The standard InChI is InChI=1S/C22H32N4O3/c1-29-14-13-24-15-18(21(27)25-11-7-2-3-8-12-25)20-19(16-24)22(28)26(23-20)17-9-5-4-6-10-17/h4-6,9-10,18-20,23H,2-3,7-8,11-16H2,1H3. The zero-order chi connectivity index (χ0) is 20.2. The van der Waals surface area contributed by atoms with E-state index in [-0.39, 0.29) is 29.7 Å². The van der Waals surface area contributed by atoms with Crippen molar-refractivity contribution >= 4 is 17.5 Å². The molecule has 0 saturated carbocycles. The van der Waals surface area contributed by atoms with Gasteiger partial charge in [0, 0.05) is 39.8 Å². The first-order valence-electron chi connectivity index (χ1n) is 10.8. The smallest absolute Gasteiger partial charge is 0.247 e. The molecule has 3 aliphatic rings. The van der Waals surface area contributed by atoms with Gasteiger partial charge >= 0.3 is 0 Å². The van der Waals surface area contributed by atoms with Crippen molar-refractivity contribution in [1.29, 1.82) is 0 Å². The lowest BCUT2D eigenvalue weighted by molar-refractivity contribution is -0.139. The number of hydrogen-bond acceptors (Lipinski definition) is 5. The average molecular weight is 401 g/mol. The minimum absolute atomic E-state index is 0.0528. The molecule has 3 aliphatic heterocycles. The number of nitrogens with zero attached hydrogens (tertiary/aromatic N) is 3. The summed E-state index contributed by atoms with van der Waals surface area (Å²) in [7, 11) is 1.69. The SMILES string of the molecule is COCCN1CC(C(=O)N2CCCCCC2)C2NN(c3ccccc3)C(=O)C2C1. The summed E-state index contributed by atoms with van der Waals surface area (Å²) in [4.78, 5) is 31.0. The normalized spacial score (nSPS) is 28.3. The Bertz CT molecular complexity index is 705. The molecule has 0 radical (unpaired) electrons. The summed E-state index contributed by atoms with van der Waals surface area (Å²) in [5, 5.41) is 1.65. The monoisotopic (exact) mass is 400 g/mol. The fraction of sp³-hybridized carbons (Fsp3) is 0.636. The van der Waals surface area contributed by atoms with Crippen LogP contribution in [0, 0.1) is 11.8 Å². The number of ether oxygens (including phenoxy) is 1. The predicted molar refractivity (Wildman–Crippen MR) is 111 cm³/mol. The van der Waals surface area contributed by atoms with Crippen LogP contribution in [-0.2, 0) is 14.3 Å². The van der Waals surface area contributed by atoms with E-state index in [2.05, 4.69) is 10.3 Å². The molecule has 0 aliphatic carbocycles. The van der Waals surface area contributed by atoms with Gasteiger partial charge in [0.1, 0.15) is 0 Å². The minimum atomic E-state index is -0.221. The van der Waals surface area contributed by atoms with Crippen molar-refractivity contribution in [2.75, 3.05) is 51.4 Å². The first-order chi connectivity index (χ1) is 14.2. The van der Waals surface area contributed by atoms with Gasteiger partial charge in [-0.25, -0.2) is 10.4 Å².